The van der Waals surface area contributed by atoms with Gasteiger partial charge in [0, 0.05) is 0 Å². The number of aliphatic carboxylic acids is 2. The molecule has 4 nitrogen and oxygen atoms in total. The van der Waals surface area contributed by atoms with Crippen LogP contribution >= 0.6 is 0 Å². The maximum Gasteiger partial charge on any atom is 2.00 e. The Morgan fingerprint density at radius 3 is 1.87 bits per heavy atom. The fraction of sp³-hybridized carbons (Fsp3) is 0.800. The van der Waals surface area contributed by atoms with Crippen LogP contribution in [-0.2, 0) is 9.59 Å². The fourth-order valence-electron chi connectivity index (χ4n) is 2.12. The van der Waals surface area contributed by atoms with Crippen molar-refractivity contribution < 1.29 is 22.7 Å². The van der Waals surface area contributed by atoms with Crippen molar-refractivity contribution in [2.75, 3.05) is 0 Å². The van der Waals surface area contributed by atoms with Crippen LogP contribution in [0.25, 0.3) is 0 Å². The van der Waals surface area contributed by atoms with Crippen LogP contribution in [0.3, 0.4) is 0 Å². The maximum atomic E-state index is 11.0. The van der Waals surface area contributed by atoms with Crippen LogP contribution in [0.4, 0.5) is 0 Å². The predicted molar refractivity (Wildman–Crippen MR) is 57.9 cm³/mol. The van der Waals surface area contributed by atoms with Crippen LogP contribution < -0.4 is 0 Å². The third-order valence-electron chi connectivity index (χ3n) is 3.31. The van der Waals surface area contributed by atoms with Gasteiger partial charge < -0.3 is 13.1 Å². The first-order chi connectivity index (χ1) is 6.49. The molecule has 0 aromatic heterocycles. The van der Waals surface area contributed by atoms with E-state index in [4.69, 9.17) is 10.2 Å². The minimum Gasteiger partial charge on any atom is -1.00 e. The Hall–Kier alpha value is 0.511. The number of hydrogen-bond acceptors (Lipinski definition) is 2. The van der Waals surface area contributed by atoms with Gasteiger partial charge in [-0.15, -0.1) is 0 Å². The van der Waals surface area contributed by atoms with Crippen molar-refractivity contribution in [2.24, 2.45) is 11.3 Å². The van der Waals surface area contributed by atoms with E-state index in [2.05, 4.69) is 0 Å². The number of rotatable bonds is 3. The standard InChI is InChI=1S/C10H16O4.Ba.2H/c1-10(8(11)12,9(13)14)7-5-3-2-4-6-7;;;/h7H,2-6H2,1H3,(H,11,12)(H,13,14);;;/q;+2;2*-1. The van der Waals surface area contributed by atoms with Crippen LogP contribution in [0, 0.1) is 11.3 Å². The molecule has 0 aromatic carbocycles. The van der Waals surface area contributed by atoms with E-state index in [-0.39, 0.29) is 57.7 Å². The van der Waals surface area contributed by atoms with Gasteiger partial charge in [-0.1, -0.05) is 19.3 Å². The molecule has 1 aliphatic carbocycles. The summed E-state index contributed by atoms with van der Waals surface area (Å²) in [6, 6.07) is 0. The summed E-state index contributed by atoms with van der Waals surface area (Å²) in [6.07, 6.45) is 4.41. The van der Waals surface area contributed by atoms with Gasteiger partial charge in [-0.3, -0.25) is 9.59 Å². The molecule has 0 heterocycles. The Balaban J connectivity index is -0.000000653. The van der Waals surface area contributed by atoms with Gasteiger partial charge in [0.1, 0.15) is 0 Å². The molecule has 15 heavy (non-hydrogen) atoms. The van der Waals surface area contributed by atoms with Crippen LogP contribution in [-0.4, -0.2) is 71.0 Å². The molecule has 1 aliphatic rings. The van der Waals surface area contributed by atoms with E-state index in [1.54, 1.807) is 0 Å². The van der Waals surface area contributed by atoms with Crippen molar-refractivity contribution in [1.82, 2.24) is 0 Å². The minimum absolute atomic E-state index is 0. The molecule has 84 valence electrons. The van der Waals surface area contributed by atoms with E-state index in [1.807, 2.05) is 0 Å². The van der Waals surface area contributed by atoms with Crippen LogP contribution in [0.15, 0.2) is 0 Å². The van der Waals surface area contributed by atoms with Crippen molar-refractivity contribution in [2.45, 2.75) is 39.0 Å². The molecule has 0 spiro atoms. The van der Waals surface area contributed by atoms with Crippen LogP contribution in [0.5, 0.6) is 0 Å². The van der Waals surface area contributed by atoms with Crippen molar-refractivity contribution >= 4 is 60.8 Å². The molecular weight excluding hydrogens is 321 g/mol. The average molecular weight is 340 g/mol. The second-order valence-corrected chi connectivity index (χ2v) is 4.15. The SMILES string of the molecule is CC(C(=O)O)(C(=O)O)C1CCCCC1.[Ba+2].[H-].[H-]. The third-order valence-corrected chi connectivity index (χ3v) is 3.31. The fourth-order valence-corrected chi connectivity index (χ4v) is 2.12. The Morgan fingerprint density at radius 1 is 1.13 bits per heavy atom. The molecule has 0 atom stereocenters. The molecule has 5 heteroatoms. The normalized spacial score (nSPS) is 17.9. The van der Waals surface area contributed by atoms with Gasteiger partial charge in [0.2, 0.25) is 0 Å². The summed E-state index contributed by atoms with van der Waals surface area (Å²) in [5.41, 5.74) is -1.60. The summed E-state index contributed by atoms with van der Waals surface area (Å²) in [7, 11) is 0. The number of hydrogen-bond donors (Lipinski definition) is 2. The zero-order valence-electron chi connectivity index (χ0n) is 11.0. The Bertz CT molecular complexity index is 241. The molecule has 1 fully saturated rings. The number of carboxylic acids is 2. The third kappa shape index (κ3) is 3.23. The molecule has 0 bridgehead atoms. The first kappa shape index (κ1) is 15.5. The Labute approximate surface area is 132 Å². The Morgan fingerprint density at radius 2 is 1.53 bits per heavy atom. The minimum atomic E-state index is -1.60. The summed E-state index contributed by atoms with van der Waals surface area (Å²) in [5, 5.41) is 17.9. The van der Waals surface area contributed by atoms with E-state index in [0.717, 1.165) is 32.1 Å². The van der Waals surface area contributed by atoms with Gasteiger partial charge in [-0.25, -0.2) is 0 Å². The Kier molecular flexibility index (Phi) is 6.51. The van der Waals surface area contributed by atoms with Crippen LogP contribution in [0.1, 0.15) is 41.9 Å². The molecule has 1 rings (SSSR count). The van der Waals surface area contributed by atoms with Gasteiger partial charge in [0.15, 0.2) is 5.41 Å². The molecule has 0 amide bonds. The van der Waals surface area contributed by atoms with Crippen molar-refractivity contribution in [3.8, 4) is 0 Å². The summed E-state index contributed by atoms with van der Waals surface area (Å²) in [6.45, 7) is 1.33. The second-order valence-electron chi connectivity index (χ2n) is 4.15. The topological polar surface area (TPSA) is 74.6 Å². The van der Waals surface area contributed by atoms with Crippen molar-refractivity contribution in [3.05, 3.63) is 0 Å². The van der Waals surface area contributed by atoms with Gasteiger partial charge in [0.25, 0.3) is 0 Å². The number of carboxylic acid groups (broad SMARTS) is 2. The summed E-state index contributed by atoms with van der Waals surface area (Å²) < 4.78 is 0. The summed E-state index contributed by atoms with van der Waals surface area (Å²) in [5.74, 6) is -2.64. The van der Waals surface area contributed by atoms with Crippen molar-refractivity contribution in [1.29, 1.82) is 0 Å². The van der Waals surface area contributed by atoms with Gasteiger partial charge >= 0.3 is 60.8 Å². The quantitative estimate of drug-likeness (QED) is 0.605. The van der Waals surface area contributed by atoms with E-state index in [1.165, 1.54) is 6.92 Å². The molecule has 0 aliphatic heterocycles. The van der Waals surface area contributed by atoms with Crippen LogP contribution in [0.2, 0.25) is 0 Å². The summed E-state index contributed by atoms with van der Waals surface area (Å²) in [4.78, 5) is 22.0. The molecule has 0 aromatic rings. The van der Waals surface area contributed by atoms with E-state index in [9.17, 15) is 9.59 Å². The molecule has 0 radical (unpaired) electrons. The maximum absolute atomic E-state index is 11.0. The van der Waals surface area contributed by atoms with Crippen molar-refractivity contribution in [3.63, 3.8) is 0 Å². The van der Waals surface area contributed by atoms with E-state index in [0.29, 0.717) is 0 Å². The summed E-state index contributed by atoms with van der Waals surface area (Å²) >= 11 is 0. The first-order valence-corrected chi connectivity index (χ1v) is 4.96. The molecule has 0 unspecified atom stereocenters. The molecule has 2 N–H and O–H groups in total. The van der Waals surface area contributed by atoms with E-state index >= 15 is 0 Å². The second kappa shape index (κ2) is 6.30. The largest absolute Gasteiger partial charge is 2.00 e. The van der Waals surface area contributed by atoms with Gasteiger partial charge in [0.05, 0.1) is 0 Å². The van der Waals surface area contributed by atoms with E-state index < -0.39 is 17.4 Å². The zero-order valence-corrected chi connectivity index (χ0v) is 13.5. The zero-order chi connectivity index (χ0) is 10.8. The monoisotopic (exact) mass is 340 g/mol. The number of carbonyl (C=O) groups is 2. The molecular formula is C10H18BaO4. The smallest absolute Gasteiger partial charge is 1.00 e. The van der Waals surface area contributed by atoms with Gasteiger partial charge in [-0.2, -0.15) is 0 Å². The average Bonchev–Trinajstić information content (AvgIpc) is 2.17. The van der Waals surface area contributed by atoms with Gasteiger partial charge in [-0.05, 0) is 25.7 Å². The molecule has 0 saturated heterocycles. The molecule has 1 saturated carbocycles. The first-order valence-electron chi connectivity index (χ1n) is 4.96. The predicted octanol–water partition coefficient (Wildman–Crippen LogP) is 1.59.